The highest BCUT2D eigenvalue weighted by molar-refractivity contribution is 7.99. The number of nitrogens with one attached hydrogen (secondary N) is 2. The summed E-state index contributed by atoms with van der Waals surface area (Å²) in [5, 5.41) is 7.90. The van der Waals surface area contributed by atoms with Crippen molar-refractivity contribution in [3.05, 3.63) is 0 Å². The predicted molar refractivity (Wildman–Crippen MR) is 98.9 cm³/mol. The van der Waals surface area contributed by atoms with Crippen LogP contribution in [0.2, 0.25) is 0 Å². The molecule has 2 N–H and O–H groups in total. The predicted octanol–water partition coefficient (Wildman–Crippen LogP) is 2.56. The Morgan fingerprint density at radius 1 is 1.23 bits per heavy atom. The van der Waals surface area contributed by atoms with Gasteiger partial charge in [-0.25, -0.2) is 0 Å². The van der Waals surface area contributed by atoms with Gasteiger partial charge in [0, 0.05) is 24.9 Å². The average molecular weight is 327 g/mol. The van der Waals surface area contributed by atoms with Gasteiger partial charge in [-0.05, 0) is 70.3 Å². The van der Waals surface area contributed by atoms with Gasteiger partial charge in [0.15, 0.2) is 5.96 Å². The zero-order valence-corrected chi connectivity index (χ0v) is 15.4. The van der Waals surface area contributed by atoms with Gasteiger partial charge in [0.05, 0.1) is 0 Å². The van der Waals surface area contributed by atoms with Crippen LogP contribution in [0.1, 0.15) is 45.4 Å². The number of likely N-dealkylation sites (tertiary alicyclic amines) is 1. The van der Waals surface area contributed by atoms with Gasteiger partial charge in [-0.15, -0.1) is 0 Å². The van der Waals surface area contributed by atoms with Crippen molar-refractivity contribution in [2.45, 2.75) is 56.7 Å². The topological polar surface area (TPSA) is 39.7 Å². The molecule has 1 saturated carbocycles. The van der Waals surface area contributed by atoms with Gasteiger partial charge in [0.25, 0.3) is 0 Å². The fourth-order valence-electron chi connectivity index (χ4n) is 3.47. The highest BCUT2D eigenvalue weighted by atomic mass is 32.2. The SMILES string of the molecule is CN=C(NCCCN1CCC(C)CC1)NC1CCC(SC)C1. The van der Waals surface area contributed by atoms with Crippen LogP contribution in [0.4, 0.5) is 0 Å². The van der Waals surface area contributed by atoms with Crippen LogP contribution < -0.4 is 10.6 Å². The lowest BCUT2D eigenvalue weighted by Gasteiger charge is -2.30. The third-order valence-corrected chi connectivity index (χ3v) is 6.20. The largest absolute Gasteiger partial charge is 0.356 e. The van der Waals surface area contributed by atoms with Crippen molar-refractivity contribution < 1.29 is 0 Å². The third kappa shape index (κ3) is 5.99. The van der Waals surface area contributed by atoms with Gasteiger partial charge in [-0.1, -0.05) is 6.92 Å². The highest BCUT2D eigenvalue weighted by Crippen LogP contribution is 2.27. The first-order valence-electron chi connectivity index (χ1n) is 8.93. The molecule has 2 atom stereocenters. The molecular weight excluding hydrogens is 292 g/mol. The Balaban J connectivity index is 1.57. The number of piperidine rings is 1. The van der Waals surface area contributed by atoms with Crippen LogP contribution in [0, 0.1) is 5.92 Å². The Morgan fingerprint density at radius 2 is 2.00 bits per heavy atom. The van der Waals surface area contributed by atoms with E-state index in [0.29, 0.717) is 6.04 Å². The number of hydrogen-bond donors (Lipinski definition) is 2. The summed E-state index contributed by atoms with van der Waals surface area (Å²) in [5.41, 5.74) is 0. The fraction of sp³-hybridized carbons (Fsp3) is 0.941. The van der Waals surface area contributed by atoms with E-state index < -0.39 is 0 Å². The van der Waals surface area contributed by atoms with Crippen molar-refractivity contribution in [3.8, 4) is 0 Å². The quantitative estimate of drug-likeness (QED) is 0.447. The van der Waals surface area contributed by atoms with Crippen molar-refractivity contribution in [2.24, 2.45) is 10.9 Å². The summed E-state index contributed by atoms with van der Waals surface area (Å²) in [5.74, 6) is 1.91. The van der Waals surface area contributed by atoms with Crippen molar-refractivity contribution in [2.75, 3.05) is 39.5 Å². The molecule has 0 bridgehead atoms. The molecule has 128 valence electrons. The van der Waals surface area contributed by atoms with E-state index in [1.54, 1.807) is 0 Å². The molecule has 4 nitrogen and oxygen atoms in total. The lowest BCUT2D eigenvalue weighted by Crippen LogP contribution is -2.43. The van der Waals surface area contributed by atoms with Crippen LogP contribution in [-0.2, 0) is 0 Å². The second-order valence-electron chi connectivity index (χ2n) is 6.89. The summed E-state index contributed by atoms with van der Waals surface area (Å²) in [4.78, 5) is 6.98. The number of rotatable bonds is 6. The molecule has 1 heterocycles. The molecule has 0 spiro atoms. The third-order valence-electron chi connectivity index (χ3n) is 5.10. The van der Waals surface area contributed by atoms with E-state index in [9.17, 15) is 0 Å². The fourth-order valence-corrected chi connectivity index (χ4v) is 4.26. The molecule has 0 aromatic carbocycles. The Bertz CT molecular complexity index is 340. The molecule has 1 aliphatic heterocycles. The van der Waals surface area contributed by atoms with Crippen LogP contribution in [0.25, 0.3) is 0 Å². The number of guanidine groups is 1. The standard InChI is InChI=1S/C17H34N4S/c1-14-7-11-21(12-8-14)10-4-9-19-17(18-2)20-15-5-6-16(13-15)22-3/h14-16H,4-13H2,1-3H3,(H2,18,19,20). The number of aliphatic imine (C=N–C) groups is 1. The summed E-state index contributed by atoms with van der Waals surface area (Å²) in [6, 6.07) is 0.604. The molecule has 2 fully saturated rings. The van der Waals surface area contributed by atoms with Crippen molar-refractivity contribution in [3.63, 3.8) is 0 Å². The van der Waals surface area contributed by atoms with E-state index in [0.717, 1.165) is 23.7 Å². The molecule has 0 aromatic rings. The molecule has 2 unspecified atom stereocenters. The van der Waals surface area contributed by atoms with Crippen molar-refractivity contribution in [1.29, 1.82) is 0 Å². The van der Waals surface area contributed by atoms with Crippen LogP contribution in [0.15, 0.2) is 4.99 Å². The lowest BCUT2D eigenvalue weighted by atomic mass is 9.99. The van der Waals surface area contributed by atoms with Gasteiger partial charge in [-0.3, -0.25) is 4.99 Å². The normalized spacial score (nSPS) is 28.0. The van der Waals surface area contributed by atoms with Gasteiger partial charge < -0.3 is 15.5 Å². The molecule has 1 saturated heterocycles. The Morgan fingerprint density at radius 3 is 2.64 bits per heavy atom. The second-order valence-corrected chi connectivity index (χ2v) is 8.03. The van der Waals surface area contributed by atoms with Crippen molar-refractivity contribution >= 4 is 17.7 Å². The summed E-state index contributed by atoms with van der Waals surface area (Å²) < 4.78 is 0. The summed E-state index contributed by atoms with van der Waals surface area (Å²) in [6.07, 6.45) is 10.0. The summed E-state index contributed by atoms with van der Waals surface area (Å²) >= 11 is 2.00. The van der Waals surface area contributed by atoms with E-state index >= 15 is 0 Å². The minimum Gasteiger partial charge on any atom is -0.356 e. The lowest BCUT2D eigenvalue weighted by molar-refractivity contribution is 0.191. The maximum atomic E-state index is 4.37. The molecule has 0 aromatic heterocycles. The van der Waals surface area contributed by atoms with E-state index in [2.05, 4.69) is 33.7 Å². The smallest absolute Gasteiger partial charge is 0.191 e. The molecule has 0 radical (unpaired) electrons. The van der Waals surface area contributed by atoms with Crippen LogP contribution in [0.3, 0.4) is 0 Å². The zero-order valence-electron chi connectivity index (χ0n) is 14.6. The Kier molecular flexibility index (Phi) is 7.87. The number of nitrogens with zero attached hydrogens (tertiary/aromatic N) is 2. The summed E-state index contributed by atoms with van der Waals surface area (Å²) in [7, 11) is 1.88. The van der Waals surface area contributed by atoms with E-state index in [1.807, 2.05) is 18.8 Å². The van der Waals surface area contributed by atoms with Gasteiger partial charge in [-0.2, -0.15) is 11.8 Å². The zero-order chi connectivity index (χ0) is 15.8. The minimum atomic E-state index is 0.604. The molecule has 5 heteroatoms. The maximum Gasteiger partial charge on any atom is 0.191 e. The first-order valence-corrected chi connectivity index (χ1v) is 10.2. The molecule has 2 aliphatic rings. The maximum absolute atomic E-state index is 4.37. The highest BCUT2D eigenvalue weighted by Gasteiger charge is 2.24. The van der Waals surface area contributed by atoms with Crippen LogP contribution in [0.5, 0.6) is 0 Å². The Hall–Kier alpha value is -0.420. The first-order chi connectivity index (χ1) is 10.7. The van der Waals surface area contributed by atoms with Gasteiger partial charge in [0.2, 0.25) is 0 Å². The van der Waals surface area contributed by atoms with Crippen molar-refractivity contribution in [1.82, 2.24) is 15.5 Å². The molecule has 1 aliphatic carbocycles. The molecule has 0 amide bonds. The number of hydrogen-bond acceptors (Lipinski definition) is 3. The Labute approximate surface area is 140 Å². The molecule has 2 rings (SSSR count). The van der Waals surface area contributed by atoms with E-state index in [4.69, 9.17) is 0 Å². The second kappa shape index (κ2) is 9.66. The monoisotopic (exact) mass is 326 g/mol. The van der Waals surface area contributed by atoms with Crippen LogP contribution in [-0.4, -0.2) is 61.6 Å². The van der Waals surface area contributed by atoms with Crippen LogP contribution >= 0.6 is 11.8 Å². The molecular formula is C17H34N4S. The minimum absolute atomic E-state index is 0.604. The average Bonchev–Trinajstić information content (AvgIpc) is 2.99. The number of thioether (sulfide) groups is 1. The molecule has 22 heavy (non-hydrogen) atoms. The van der Waals surface area contributed by atoms with E-state index in [1.165, 1.54) is 58.2 Å². The van der Waals surface area contributed by atoms with E-state index in [-0.39, 0.29) is 0 Å². The summed E-state index contributed by atoms with van der Waals surface area (Å²) in [6.45, 7) is 7.18. The van der Waals surface area contributed by atoms with Gasteiger partial charge in [0.1, 0.15) is 0 Å². The van der Waals surface area contributed by atoms with Gasteiger partial charge >= 0.3 is 0 Å². The first kappa shape index (κ1) is 17.9.